The predicted molar refractivity (Wildman–Crippen MR) is 96.0 cm³/mol. The van der Waals surface area contributed by atoms with Gasteiger partial charge in [0, 0.05) is 11.6 Å². The van der Waals surface area contributed by atoms with Crippen molar-refractivity contribution in [1.82, 2.24) is 5.32 Å². The number of esters is 1. The first-order chi connectivity index (χ1) is 12.4. The second kappa shape index (κ2) is 9.99. The number of amides is 1. The first-order valence-electron chi connectivity index (χ1n) is 7.68. The number of hydrogen-bond acceptors (Lipinski definition) is 4. The van der Waals surface area contributed by atoms with Crippen molar-refractivity contribution in [3.8, 4) is 5.75 Å². The maximum atomic E-state index is 12.8. The lowest BCUT2D eigenvalue weighted by Crippen LogP contribution is -2.31. The second-order valence-corrected chi connectivity index (χ2v) is 6.09. The minimum Gasteiger partial charge on any atom is -0.480 e. The highest BCUT2D eigenvalue weighted by molar-refractivity contribution is 6.35. The number of hydrogen-bond donors (Lipinski definition) is 1. The van der Waals surface area contributed by atoms with E-state index in [1.807, 2.05) is 0 Å². The van der Waals surface area contributed by atoms with E-state index < -0.39 is 18.5 Å². The van der Waals surface area contributed by atoms with E-state index in [2.05, 4.69) is 5.32 Å². The van der Waals surface area contributed by atoms with E-state index in [0.717, 1.165) is 5.56 Å². The summed E-state index contributed by atoms with van der Waals surface area (Å²) in [6, 6.07) is 10.6. The molecule has 2 aromatic carbocycles. The van der Waals surface area contributed by atoms with Crippen LogP contribution in [0.2, 0.25) is 10.0 Å². The molecule has 0 aliphatic carbocycles. The van der Waals surface area contributed by atoms with Crippen molar-refractivity contribution < 1.29 is 23.5 Å². The molecule has 0 spiro atoms. The van der Waals surface area contributed by atoms with Gasteiger partial charge in [-0.25, -0.2) is 9.18 Å². The van der Waals surface area contributed by atoms with Crippen LogP contribution in [0.25, 0.3) is 0 Å². The molecule has 138 valence electrons. The van der Waals surface area contributed by atoms with Gasteiger partial charge in [-0.15, -0.1) is 0 Å². The summed E-state index contributed by atoms with van der Waals surface area (Å²) in [5.74, 6) is -1.17. The standard InChI is InChI=1S/C18H16Cl2FNO4/c19-13-3-6-16(15(20)9-13)25-11-18(24)26-10-17(23)22-8-7-12-1-4-14(21)5-2-12/h1-6,9H,7-8,10-11H2,(H,22,23). The zero-order valence-electron chi connectivity index (χ0n) is 13.6. The minimum atomic E-state index is -0.704. The van der Waals surface area contributed by atoms with Crippen LogP contribution in [0.15, 0.2) is 42.5 Å². The number of rotatable bonds is 8. The average Bonchev–Trinajstić information content (AvgIpc) is 2.61. The largest absolute Gasteiger partial charge is 0.480 e. The topological polar surface area (TPSA) is 64.6 Å². The van der Waals surface area contributed by atoms with Crippen LogP contribution in [0, 0.1) is 5.82 Å². The molecule has 5 nitrogen and oxygen atoms in total. The molecule has 1 amide bonds. The second-order valence-electron chi connectivity index (χ2n) is 5.25. The summed E-state index contributed by atoms with van der Waals surface area (Å²) in [4.78, 5) is 23.2. The van der Waals surface area contributed by atoms with Gasteiger partial charge in [0.25, 0.3) is 5.91 Å². The van der Waals surface area contributed by atoms with Crippen LogP contribution in [-0.4, -0.2) is 31.6 Å². The highest BCUT2D eigenvalue weighted by atomic mass is 35.5. The lowest BCUT2D eigenvalue weighted by Gasteiger charge is -2.09. The fourth-order valence-corrected chi connectivity index (χ4v) is 2.43. The Balaban J connectivity index is 1.63. The summed E-state index contributed by atoms with van der Waals surface area (Å²) in [5, 5.41) is 3.32. The Morgan fingerprint density at radius 1 is 1.04 bits per heavy atom. The predicted octanol–water partition coefficient (Wildman–Crippen LogP) is 3.41. The van der Waals surface area contributed by atoms with Crippen LogP contribution in [0.5, 0.6) is 5.75 Å². The number of halogens is 3. The van der Waals surface area contributed by atoms with Crippen LogP contribution in [0.3, 0.4) is 0 Å². The number of carbonyl (C=O) groups excluding carboxylic acids is 2. The molecule has 2 rings (SSSR count). The van der Waals surface area contributed by atoms with Crippen molar-refractivity contribution in [3.05, 3.63) is 63.9 Å². The maximum absolute atomic E-state index is 12.8. The summed E-state index contributed by atoms with van der Waals surface area (Å²) >= 11 is 11.7. The van der Waals surface area contributed by atoms with Crippen molar-refractivity contribution in [1.29, 1.82) is 0 Å². The van der Waals surface area contributed by atoms with E-state index in [1.165, 1.54) is 24.3 Å². The quantitative estimate of drug-likeness (QED) is 0.690. The van der Waals surface area contributed by atoms with Crippen LogP contribution < -0.4 is 10.1 Å². The van der Waals surface area contributed by atoms with Gasteiger partial charge in [0.2, 0.25) is 0 Å². The van der Waals surface area contributed by atoms with Crippen LogP contribution in [-0.2, 0) is 20.7 Å². The van der Waals surface area contributed by atoms with E-state index in [1.54, 1.807) is 18.2 Å². The van der Waals surface area contributed by atoms with Gasteiger partial charge in [0.05, 0.1) is 5.02 Å². The first-order valence-corrected chi connectivity index (χ1v) is 8.44. The molecule has 1 N–H and O–H groups in total. The third-order valence-corrected chi connectivity index (χ3v) is 3.78. The van der Waals surface area contributed by atoms with Gasteiger partial charge in [-0.3, -0.25) is 4.79 Å². The molecule has 0 saturated carbocycles. The molecule has 26 heavy (non-hydrogen) atoms. The average molecular weight is 400 g/mol. The normalized spacial score (nSPS) is 10.3. The van der Waals surface area contributed by atoms with E-state index >= 15 is 0 Å². The summed E-state index contributed by atoms with van der Waals surface area (Å²) < 4.78 is 22.8. The Bertz CT molecular complexity index is 768. The fourth-order valence-electron chi connectivity index (χ4n) is 1.97. The van der Waals surface area contributed by atoms with Gasteiger partial charge >= 0.3 is 5.97 Å². The fraction of sp³-hybridized carbons (Fsp3) is 0.222. The molecule has 0 atom stereocenters. The van der Waals surface area contributed by atoms with Crippen molar-refractivity contribution >= 4 is 35.1 Å². The third-order valence-electron chi connectivity index (χ3n) is 3.25. The highest BCUT2D eigenvalue weighted by Crippen LogP contribution is 2.27. The molecule has 0 radical (unpaired) electrons. The molecule has 0 aliphatic heterocycles. The smallest absolute Gasteiger partial charge is 0.344 e. The molecule has 0 heterocycles. The Labute approximate surface area is 160 Å². The molecule has 2 aromatic rings. The van der Waals surface area contributed by atoms with E-state index in [4.69, 9.17) is 32.7 Å². The molecule has 0 aromatic heterocycles. The highest BCUT2D eigenvalue weighted by Gasteiger charge is 2.10. The van der Waals surface area contributed by atoms with Crippen molar-refractivity contribution in [2.24, 2.45) is 0 Å². The Morgan fingerprint density at radius 3 is 2.46 bits per heavy atom. The molecule has 0 unspecified atom stereocenters. The summed E-state index contributed by atoms with van der Waals surface area (Å²) in [6.07, 6.45) is 0.540. The van der Waals surface area contributed by atoms with Gasteiger partial charge < -0.3 is 14.8 Å². The zero-order chi connectivity index (χ0) is 18.9. The van der Waals surface area contributed by atoms with Gasteiger partial charge in [-0.05, 0) is 42.3 Å². The van der Waals surface area contributed by atoms with Crippen LogP contribution in [0.1, 0.15) is 5.56 Å². The lowest BCUT2D eigenvalue weighted by atomic mass is 10.1. The molecule has 0 aliphatic rings. The SMILES string of the molecule is O=C(COC(=O)COc1ccc(Cl)cc1Cl)NCCc1ccc(F)cc1. The lowest BCUT2D eigenvalue weighted by molar-refractivity contribution is -0.150. The summed E-state index contributed by atoms with van der Waals surface area (Å²) in [7, 11) is 0. The van der Waals surface area contributed by atoms with Gasteiger partial charge in [0.1, 0.15) is 11.6 Å². The van der Waals surface area contributed by atoms with Gasteiger partial charge in [0.15, 0.2) is 13.2 Å². The Kier molecular flexibility index (Phi) is 7.69. The van der Waals surface area contributed by atoms with Crippen LogP contribution in [0.4, 0.5) is 4.39 Å². The molecule has 0 bridgehead atoms. The molecule has 8 heteroatoms. The molecular formula is C18H16Cl2FNO4. The number of carbonyl (C=O) groups is 2. The first kappa shape index (κ1) is 20.0. The Hall–Kier alpha value is -2.31. The van der Waals surface area contributed by atoms with Gasteiger partial charge in [-0.2, -0.15) is 0 Å². The molecular weight excluding hydrogens is 384 g/mol. The van der Waals surface area contributed by atoms with Crippen molar-refractivity contribution in [2.75, 3.05) is 19.8 Å². The van der Waals surface area contributed by atoms with Crippen molar-refractivity contribution in [3.63, 3.8) is 0 Å². The van der Waals surface area contributed by atoms with Crippen LogP contribution >= 0.6 is 23.2 Å². The summed E-state index contributed by atoms with van der Waals surface area (Å²) in [5.41, 5.74) is 0.886. The van der Waals surface area contributed by atoms with E-state index in [0.29, 0.717) is 18.0 Å². The van der Waals surface area contributed by atoms with E-state index in [9.17, 15) is 14.0 Å². The number of benzene rings is 2. The minimum absolute atomic E-state index is 0.267. The third kappa shape index (κ3) is 6.90. The number of ether oxygens (including phenoxy) is 2. The molecule has 0 saturated heterocycles. The zero-order valence-corrected chi connectivity index (χ0v) is 15.1. The Morgan fingerprint density at radius 2 is 1.77 bits per heavy atom. The summed E-state index contributed by atoms with van der Waals surface area (Å²) in [6.45, 7) is -0.455. The van der Waals surface area contributed by atoms with Gasteiger partial charge in [-0.1, -0.05) is 35.3 Å². The van der Waals surface area contributed by atoms with Crippen molar-refractivity contribution in [2.45, 2.75) is 6.42 Å². The maximum Gasteiger partial charge on any atom is 0.344 e. The number of nitrogens with one attached hydrogen (secondary N) is 1. The monoisotopic (exact) mass is 399 g/mol. The van der Waals surface area contributed by atoms with E-state index in [-0.39, 0.29) is 23.2 Å². The molecule has 0 fully saturated rings.